The molecule has 0 spiro atoms. The summed E-state index contributed by atoms with van der Waals surface area (Å²) in [5.41, 5.74) is 0.735. The Balaban J connectivity index is 1.76. The van der Waals surface area contributed by atoms with Crippen molar-refractivity contribution in [1.82, 2.24) is 4.98 Å². The molecule has 0 bridgehead atoms. The maximum absolute atomic E-state index is 5.79. The summed E-state index contributed by atoms with van der Waals surface area (Å²) in [6.45, 7) is 4.57. The molecule has 1 aromatic heterocycles. The highest BCUT2D eigenvalue weighted by atomic mass is 16.5. The van der Waals surface area contributed by atoms with E-state index in [1.807, 2.05) is 19.1 Å². The van der Waals surface area contributed by atoms with E-state index >= 15 is 0 Å². The van der Waals surface area contributed by atoms with Crippen LogP contribution in [-0.4, -0.2) is 37.0 Å². The third-order valence-electron chi connectivity index (χ3n) is 3.66. The van der Waals surface area contributed by atoms with Crippen LogP contribution in [0.2, 0.25) is 0 Å². The second kappa shape index (κ2) is 8.02. The van der Waals surface area contributed by atoms with E-state index in [1.165, 1.54) is 0 Å². The maximum atomic E-state index is 5.79. The molecule has 1 aromatic rings. The molecule has 21 heavy (non-hydrogen) atoms. The lowest BCUT2D eigenvalue weighted by molar-refractivity contribution is -0.0382. The summed E-state index contributed by atoms with van der Waals surface area (Å²) in [6.07, 6.45) is 5.46. The first-order valence-corrected chi connectivity index (χ1v) is 7.47. The van der Waals surface area contributed by atoms with Gasteiger partial charge < -0.3 is 14.2 Å². The first-order valence-electron chi connectivity index (χ1n) is 7.47. The normalized spacial score (nSPS) is 21.9. The second-order valence-corrected chi connectivity index (χ2v) is 5.28. The minimum absolute atomic E-state index is 0.248. The molecule has 2 rings (SSSR count). The maximum Gasteiger partial charge on any atom is 0.138 e. The van der Waals surface area contributed by atoms with E-state index in [9.17, 15) is 0 Å². The number of rotatable bonds is 6. The molecule has 1 saturated carbocycles. The molecule has 0 N–H and O–H groups in total. The molecule has 1 aliphatic carbocycles. The molecule has 0 radical (unpaired) electrons. The van der Waals surface area contributed by atoms with Crippen molar-refractivity contribution in [3.05, 3.63) is 24.0 Å². The van der Waals surface area contributed by atoms with Gasteiger partial charge in [-0.15, -0.1) is 0 Å². The van der Waals surface area contributed by atoms with Crippen LogP contribution in [-0.2, 0) is 9.47 Å². The minimum Gasteiger partial charge on any atom is -0.489 e. The zero-order valence-corrected chi connectivity index (χ0v) is 13.0. The highest BCUT2D eigenvalue weighted by molar-refractivity contribution is 5.31. The van der Waals surface area contributed by atoms with Gasteiger partial charge in [0.25, 0.3) is 0 Å². The van der Waals surface area contributed by atoms with Crippen LogP contribution in [0.5, 0.6) is 5.75 Å². The summed E-state index contributed by atoms with van der Waals surface area (Å²) < 4.78 is 16.5. The molecule has 0 aromatic carbocycles. The number of pyridine rings is 1. The number of ether oxygens (including phenoxy) is 3. The number of hydrogen-bond acceptors (Lipinski definition) is 4. The number of nitrogens with zero attached hydrogens (tertiary/aromatic N) is 1. The van der Waals surface area contributed by atoms with Crippen molar-refractivity contribution in [3.63, 3.8) is 0 Å². The van der Waals surface area contributed by atoms with Gasteiger partial charge in [0.1, 0.15) is 24.2 Å². The van der Waals surface area contributed by atoms with Crippen LogP contribution >= 0.6 is 0 Å². The standard InChI is InChI=1S/C17H23NO3/c1-4-13(2)20-9-5-6-14-7-8-15(12-18-14)21-17-10-16(11-17)19-3/h7-8,12-13,16-17H,4,9-11H2,1-3H3/t13?,16-,17-. The predicted molar refractivity (Wildman–Crippen MR) is 81.3 cm³/mol. The SMILES string of the molecule is CCC(C)OCC#Cc1ccc(O[C@H]2C[C@H](OC)C2)cn1. The zero-order chi connectivity index (χ0) is 15.1. The lowest BCUT2D eigenvalue weighted by atomic mass is 9.92. The molecular weight excluding hydrogens is 266 g/mol. The van der Waals surface area contributed by atoms with E-state index in [4.69, 9.17) is 14.2 Å². The Morgan fingerprint density at radius 3 is 2.76 bits per heavy atom. The number of methoxy groups -OCH3 is 1. The van der Waals surface area contributed by atoms with E-state index in [0.29, 0.717) is 12.7 Å². The van der Waals surface area contributed by atoms with E-state index in [1.54, 1.807) is 13.3 Å². The largest absolute Gasteiger partial charge is 0.489 e. The van der Waals surface area contributed by atoms with Gasteiger partial charge in [0.15, 0.2) is 0 Å². The highest BCUT2D eigenvalue weighted by Gasteiger charge is 2.30. The average Bonchev–Trinajstić information content (AvgIpc) is 2.48. The predicted octanol–water partition coefficient (Wildman–Crippen LogP) is 2.80. The summed E-state index contributed by atoms with van der Waals surface area (Å²) in [4.78, 5) is 4.28. The van der Waals surface area contributed by atoms with Gasteiger partial charge in [0, 0.05) is 20.0 Å². The highest BCUT2D eigenvalue weighted by Crippen LogP contribution is 2.27. The average molecular weight is 289 g/mol. The first kappa shape index (κ1) is 15.8. The molecule has 1 heterocycles. The number of aromatic nitrogens is 1. The van der Waals surface area contributed by atoms with Crippen LogP contribution in [0.25, 0.3) is 0 Å². The molecule has 1 aliphatic rings. The molecule has 1 fully saturated rings. The van der Waals surface area contributed by atoms with Gasteiger partial charge in [-0.1, -0.05) is 12.8 Å². The fourth-order valence-corrected chi connectivity index (χ4v) is 1.95. The van der Waals surface area contributed by atoms with E-state index in [2.05, 4.69) is 23.7 Å². The molecule has 4 heteroatoms. The third kappa shape index (κ3) is 5.04. The van der Waals surface area contributed by atoms with Crippen LogP contribution in [0, 0.1) is 11.8 Å². The smallest absolute Gasteiger partial charge is 0.138 e. The van der Waals surface area contributed by atoms with E-state index < -0.39 is 0 Å². The van der Waals surface area contributed by atoms with Crippen LogP contribution in [0.3, 0.4) is 0 Å². The van der Waals surface area contributed by atoms with Gasteiger partial charge in [0.05, 0.1) is 18.4 Å². The summed E-state index contributed by atoms with van der Waals surface area (Å²) in [5.74, 6) is 6.75. The lowest BCUT2D eigenvalue weighted by Gasteiger charge is -2.33. The van der Waals surface area contributed by atoms with Gasteiger partial charge in [-0.3, -0.25) is 0 Å². The Labute approximate surface area is 126 Å². The van der Waals surface area contributed by atoms with Gasteiger partial charge in [-0.05, 0) is 31.4 Å². The molecule has 0 saturated heterocycles. The molecule has 1 unspecified atom stereocenters. The summed E-state index contributed by atoms with van der Waals surface area (Å²) in [7, 11) is 1.74. The second-order valence-electron chi connectivity index (χ2n) is 5.28. The van der Waals surface area contributed by atoms with E-state index in [-0.39, 0.29) is 12.2 Å². The van der Waals surface area contributed by atoms with Crippen LogP contribution in [0.15, 0.2) is 18.3 Å². The fourth-order valence-electron chi connectivity index (χ4n) is 1.95. The van der Waals surface area contributed by atoms with Crippen molar-refractivity contribution in [2.75, 3.05) is 13.7 Å². The van der Waals surface area contributed by atoms with Gasteiger partial charge in [-0.2, -0.15) is 0 Å². The molecule has 0 amide bonds. The molecule has 114 valence electrons. The lowest BCUT2D eigenvalue weighted by Crippen LogP contribution is -2.38. The Bertz CT molecular complexity index is 483. The summed E-state index contributed by atoms with van der Waals surface area (Å²) in [5, 5.41) is 0. The van der Waals surface area contributed by atoms with Crippen molar-refractivity contribution >= 4 is 0 Å². The topological polar surface area (TPSA) is 40.6 Å². The molecule has 4 nitrogen and oxygen atoms in total. The fraction of sp³-hybridized carbons (Fsp3) is 0.588. The van der Waals surface area contributed by atoms with Crippen molar-refractivity contribution in [2.45, 2.75) is 51.4 Å². The zero-order valence-electron chi connectivity index (χ0n) is 13.0. The Kier molecular flexibility index (Phi) is 6.04. The quantitative estimate of drug-likeness (QED) is 0.755. The van der Waals surface area contributed by atoms with Crippen LogP contribution in [0.1, 0.15) is 38.8 Å². The van der Waals surface area contributed by atoms with Gasteiger partial charge >= 0.3 is 0 Å². The summed E-state index contributed by atoms with van der Waals surface area (Å²) in [6, 6.07) is 3.78. The van der Waals surface area contributed by atoms with Crippen LogP contribution < -0.4 is 4.74 Å². The summed E-state index contributed by atoms with van der Waals surface area (Å²) >= 11 is 0. The Hall–Kier alpha value is -1.57. The van der Waals surface area contributed by atoms with Gasteiger partial charge in [-0.25, -0.2) is 4.98 Å². The Morgan fingerprint density at radius 2 is 2.14 bits per heavy atom. The number of hydrogen-bond donors (Lipinski definition) is 0. The molecule has 1 atom stereocenters. The van der Waals surface area contributed by atoms with Crippen molar-refractivity contribution in [1.29, 1.82) is 0 Å². The monoisotopic (exact) mass is 289 g/mol. The molecule has 0 aliphatic heterocycles. The van der Waals surface area contributed by atoms with Crippen molar-refractivity contribution < 1.29 is 14.2 Å². The minimum atomic E-state index is 0.248. The Morgan fingerprint density at radius 1 is 1.33 bits per heavy atom. The third-order valence-corrected chi connectivity index (χ3v) is 3.66. The first-order chi connectivity index (χ1) is 10.2. The van der Waals surface area contributed by atoms with Crippen LogP contribution in [0.4, 0.5) is 0 Å². The van der Waals surface area contributed by atoms with Crippen molar-refractivity contribution in [2.24, 2.45) is 0 Å². The van der Waals surface area contributed by atoms with E-state index in [0.717, 1.165) is 30.7 Å². The molecular formula is C17H23NO3. The van der Waals surface area contributed by atoms with Gasteiger partial charge in [0.2, 0.25) is 0 Å². The van der Waals surface area contributed by atoms with Crippen molar-refractivity contribution in [3.8, 4) is 17.6 Å².